The van der Waals surface area contributed by atoms with E-state index < -0.39 is 0 Å². The third-order valence-electron chi connectivity index (χ3n) is 5.84. The molecule has 0 unspecified atom stereocenters. The van der Waals surface area contributed by atoms with Gasteiger partial charge in [0, 0.05) is 73.3 Å². The lowest BCUT2D eigenvalue weighted by Crippen LogP contribution is -2.47. The Morgan fingerprint density at radius 3 is 2.38 bits per heavy atom. The minimum absolute atomic E-state index is 0.722. The third-order valence-corrected chi connectivity index (χ3v) is 6.08. The van der Waals surface area contributed by atoms with Gasteiger partial charge < -0.3 is 14.7 Å². The Morgan fingerprint density at radius 2 is 1.59 bits per heavy atom. The Kier molecular flexibility index (Phi) is 4.87. The fraction of sp³-hybridized carbons (Fsp3) is 0.409. The number of piperazine rings is 1. The average molecular weight is 409 g/mol. The molecule has 0 radical (unpaired) electrons. The Balaban J connectivity index is 1.35. The monoisotopic (exact) mass is 408 g/mol. The van der Waals surface area contributed by atoms with Crippen LogP contribution in [-0.2, 0) is 0 Å². The van der Waals surface area contributed by atoms with Gasteiger partial charge in [-0.3, -0.25) is 4.98 Å². The zero-order chi connectivity index (χ0) is 19.8. The SMILES string of the molecule is Cc1cc(N2CCN(c3ccnc4cc(Cl)ccc34)CC2)nc(N2CCCC2)n1. The summed E-state index contributed by atoms with van der Waals surface area (Å²) in [6, 6.07) is 10.2. The van der Waals surface area contributed by atoms with E-state index >= 15 is 0 Å². The normalized spacial score (nSPS) is 17.4. The summed E-state index contributed by atoms with van der Waals surface area (Å²) in [5, 5.41) is 1.87. The van der Waals surface area contributed by atoms with Crippen LogP contribution in [0.3, 0.4) is 0 Å². The van der Waals surface area contributed by atoms with Gasteiger partial charge in [-0.05, 0) is 44.0 Å². The Bertz CT molecular complexity index is 1020. The van der Waals surface area contributed by atoms with Gasteiger partial charge in [0.2, 0.25) is 5.95 Å². The number of nitrogens with zero attached hydrogens (tertiary/aromatic N) is 6. The van der Waals surface area contributed by atoms with Crippen LogP contribution in [0.4, 0.5) is 17.5 Å². The average Bonchev–Trinajstić information content (AvgIpc) is 3.28. The first-order valence-electron chi connectivity index (χ1n) is 10.3. The summed E-state index contributed by atoms with van der Waals surface area (Å²) < 4.78 is 0. The number of hydrogen-bond donors (Lipinski definition) is 0. The first-order chi connectivity index (χ1) is 14.2. The lowest BCUT2D eigenvalue weighted by Gasteiger charge is -2.37. The van der Waals surface area contributed by atoms with E-state index in [0.29, 0.717) is 0 Å². The van der Waals surface area contributed by atoms with Crippen LogP contribution in [0.15, 0.2) is 36.5 Å². The van der Waals surface area contributed by atoms with Crippen molar-refractivity contribution < 1.29 is 0 Å². The van der Waals surface area contributed by atoms with E-state index in [1.807, 2.05) is 18.3 Å². The number of hydrogen-bond acceptors (Lipinski definition) is 6. The van der Waals surface area contributed by atoms with Crippen LogP contribution < -0.4 is 14.7 Å². The van der Waals surface area contributed by atoms with Crippen LogP contribution in [0.5, 0.6) is 0 Å². The van der Waals surface area contributed by atoms with Crippen LogP contribution >= 0.6 is 11.6 Å². The smallest absolute Gasteiger partial charge is 0.227 e. The van der Waals surface area contributed by atoms with E-state index in [-0.39, 0.29) is 0 Å². The Labute approximate surface area is 176 Å². The molecule has 3 aromatic rings. The van der Waals surface area contributed by atoms with Gasteiger partial charge in [-0.1, -0.05) is 11.6 Å². The van der Waals surface area contributed by atoms with E-state index in [1.54, 1.807) is 0 Å². The summed E-state index contributed by atoms with van der Waals surface area (Å²) in [5.41, 5.74) is 3.21. The second-order valence-electron chi connectivity index (χ2n) is 7.83. The predicted molar refractivity (Wildman–Crippen MR) is 119 cm³/mol. The molecule has 0 bridgehead atoms. The van der Waals surface area contributed by atoms with Crippen molar-refractivity contribution in [2.45, 2.75) is 19.8 Å². The molecule has 2 aliphatic heterocycles. The van der Waals surface area contributed by atoms with Crippen LogP contribution in [0.25, 0.3) is 10.9 Å². The van der Waals surface area contributed by atoms with Crippen LogP contribution in [0.1, 0.15) is 18.5 Å². The largest absolute Gasteiger partial charge is 0.367 e. The van der Waals surface area contributed by atoms with Gasteiger partial charge in [0.15, 0.2) is 0 Å². The van der Waals surface area contributed by atoms with Crippen LogP contribution in [0, 0.1) is 6.92 Å². The molecule has 150 valence electrons. The van der Waals surface area contributed by atoms with E-state index in [1.165, 1.54) is 18.5 Å². The standard InChI is InChI=1S/C22H25ClN6/c1-16-14-21(26-22(25-16)29-8-2-3-9-29)28-12-10-27(11-13-28)20-6-7-24-19-15-17(23)4-5-18(19)20/h4-7,14-15H,2-3,8-13H2,1H3. The van der Waals surface area contributed by atoms with E-state index in [9.17, 15) is 0 Å². The van der Waals surface area contributed by atoms with Gasteiger partial charge >= 0.3 is 0 Å². The quantitative estimate of drug-likeness (QED) is 0.654. The summed E-state index contributed by atoms with van der Waals surface area (Å²) in [5.74, 6) is 1.93. The molecule has 2 saturated heterocycles. The van der Waals surface area contributed by atoms with Gasteiger partial charge in [-0.15, -0.1) is 0 Å². The summed E-state index contributed by atoms with van der Waals surface area (Å²) in [4.78, 5) is 21.2. The molecule has 0 N–H and O–H groups in total. The number of benzene rings is 1. The lowest BCUT2D eigenvalue weighted by molar-refractivity contribution is 0.647. The molecule has 0 amide bonds. The highest BCUT2D eigenvalue weighted by Gasteiger charge is 2.22. The minimum atomic E-state index is 0.722. The summed E-state index contributed by atoms with van der Waals surface area (Å²) in [6.07, 6.45) is 4.34. The molecule has 0 spiro atoms. The maximum Gasteiger partial charge on any atom is 0.227 e. The van der Waals surface area contributed by atoms with Gasteiger partial charge in [-0.2, -0.15) is 4.98 Å². The number of pyridine rings is 1. The molecule has 0 saturated carbocycles. The molecule has 0 aliphatic carbocycles. The van der Waals surface area contributed by atoms with Gasteiger partial charge in [-0.25, -0.2) is 4.98 Å². The maximum atomic E-state index is 6.14. The Hall–Kier alpha value is -2.60. The Morgan fingerprint density at radius 1 is 0.828 bits per heavy atom. The van der Waals surface area contributed by atoms with Gasteiger partial charge in [0.1, 0.15) is 5.82 Å². The zero-order valence-corrected chi connectivity index (χ0v) is 17.4. The van der Waals surface area contributed by atoms with Crippen molar-refractivity contribution in [3.05, 3.63) is 47.2 Å². The van der Waals surface area contributed by atoms with Crippen molar-refractivity contribution in [1.29, 1.82) is 0 Å². The van der Waals surface area contributed by atoms with Crippen LogP contribution in [-0.4, -0.2) is 54.2 Å². The second-order valence-corrected chi connectivity index (χ2v) is 8.26. The van der Waals surface area contributed by atoms with Crippen molar-refractivity contribution >= 4 is 40.0 Å². The summed E-state index contributed by atoms with van der Waals surface area (Å²) >= 11 is 6.14. The molecule has 1 aromatic carbocycles. The summed E-state index contributed by atoms with van der Waals surface area (Å²) in [7, 11) is 0. The number of halogens is 1. The zero-order valence-electron chi connectivity index (χ0n) is 16.7. The number of aryl methyl sites for hydroxylation is 1. The number of aromatic nitrogens is 3. The van der Waals surface area contributed by atoms with E-state index in [4.69, 9.17) is 16.6 Å². The van der Waals surface area contributed by atoms with Crippen molar-refractivity contribution in [2.24, 2.45) is 0 Å². The van der Waals surface area contributed by atoms with E-state index in [0.717, 1.165) is 72.7 Å². The fourth-order valence-corrected chi connectivity index (χ4v) is 4.48. The highest BCUT2D eigenvalue weighted by molar-refractivity contribution is 6.31. The number of anilines is 3. The molecule has 0 atom stereocenters. The highest BCUT2D eigenvalue weighted by atomic mass is 35.5. The predicted octanol–water partition coefficient (Wildman–Crippen LogP) is 3.91. The first kappa shape index (κ1) is 18.4. The van der Waals surface area contributed by atoms with Crippen LogP contribution in [0.2, 0.25) is 5.02 Å². The highest BCUT2D eigenvalue weighted by Crippen LogP contribution is 2.29. The molecule has 2 aliphatic rings. The second kappa shape index (κ2) is 7.67. The first-order valence-corrected chi connectivity index (χ1v) is 10.7. The van der Waals surface area contributed by atoms with Gasteiger partial charge in [0.05, 0.1) is 5.52 Å². The molecule has 2 fully saturated rings. The molecular weight excluding hydrogens is 384 g/mol. The topological polar surface area (TPSA) is 48.4 Å². The molecule has 6 nitrogen and oxygen atoms in total. The summed E-state index contributed by atoms with van der Waals surface area (Å²) in [6.45, 7) is 7.97. The molecule has 2 aromatic heterocycles. The minimum Gasteiger partial charge on any atom is -0.367 e. The van der Waals surface area contributed by atoms with Crippen molar-refractivity contribution in [1.82, 2.24) is 15.0 Å². The molecule has 5 rings (SSSR count). The molecule has 29 heavy (non-hydrogen) atoms. The third kappa shape index (κ3) is 3.69. The fourth-order valence-electron chi connectivity index (χ4n) is 4.32. The van der Waals surface area contributed by atoms with Crippen molar-refractivity contribution in [2.75, 3.05) is 54.0 Å². The van der Waals surface area contributed by atoms with Gasteiger partial charge in [0.25, 0.3) is 0 Å². The van der Waals surface area contributed by atoms with Crippen molar-refractivity contribution in [3.8, 4) is 0 Å². The van der Waals surface area contributed by atoms with Crippen molar-refractivity contribution in [3.63, 3.8) is 0 Å². The number of fused-ring (bicyclic) bond motifs is 1. The molecular formula is C22H25ClN6. The van der Waals surface area contributed by atoms with E-state index in [2.05, 4.69) is 49.8 Å². The maximum absolute atomic E-state index is 6.14. The molecule has 7 heteroatoms. The lowest BCUT2D eigenvalue weighted by atomic mass is 10.1. The molecule has 4 heterocycles. The number of rotatable bonds is 3.